The van der Waals surface area contributed by atoms with E-state index in [0.29, 0.717) is 32.7 Å². The minimum absolute atomic E-state index is 0.0256. The summed E-state index contributed by atoms with van der Waals surface area (Å²) in [6.07, 6.45) is -4.62. The first kappa shape index (κ1) is 23.1. The Labute approximate surface area is 169 Å². The van der Waals surface area contributed by atoms with E-state index in [-0.39, 0.29) is 23.5 Å². The molecule has 8 nitrogen and oxygen atoms in total. The molecule has 3 rings (SSSR count). The number of hydrogen-bond donors (Lipinski definition) is 2. The molecule has 1 aromatic rings. The van der Waals surface area contributed by atoms with Crippen LogP contribution in [0.1, 0.15) is 4.88 Å². The Morgan fingerprint density at radius 2 is 1.97 bits per heavy atom. The Morgan fingerprint density at radius 1 is 1.34 bits per heavy atom. The largest absolute Gasteiger partial charge is 0.490 e. The molecule has 2 amide bonds. The highest BCUT2D eigenvalue weighted by atomic mass is 32.1. The standard InChI is InChI=1S/C15H21N3O3S.C2HF3O2/c1-16-14(20)12-7-21-15(8-17(12)2)9-18(10-15)13(19)6-11-4-3-5-22-11;3-2(4,5)1(6)7/h3-5,12H,6-10H2,1-2H3,(H,16,20);(H,6,7). The summed E-state index contributed by atoms with van der Waals surface area (Å²) >= 11 is 1.61. The summed E-state index contributed by atoms with van der Waals surface area (Å²) < 4.78 is 37.7. The number of rotatable bonds is 3. The van der Waals surface area contributed by atoms with Crippen LogP contribution in [0.25, 0.3) is 0 Å². The van der Waals surface area contributed by atoms with Crippen LogP contribution >= 0.6 is 11.3 Å². The summed E-state index contributed by atoms with van der Waals surface area (Å²) in [4.78, 5) is 37.8. The normalized spacial score (nSPS) is 21.0. The molecular weight excluding hydrogens is 415 g/mol. The van der Waals surface area contributed by atoms with Crippen molar-refractivity contribution in [2.24, 2.45) is 0 Å². The van der Waals surface area contributed by atoms with Gasteiger partial charge < -0.3 is 20.1 Å². The minimum Gasteiger partial charge on any atom is -0.475 e. The maximum atomic E-state index is 12.2. The van der Waals surface area contributed by atoms with Crippen LogP contribution in [0.15, 0.2) is 17.5 Å². The van der Waals surface area contributed by atoms with E-state index < -0.39 is 12.1 Å². The molecule has 2 fully saturated rings. The van der Waals surface area contributed by atoms with Crippen LogP contribution in [0, 0.1) is 0 Å². The molecule has 1 spiro atoms. The van der Waals surface area contributed by atoms with Gasteiger partial charge in [0.25, 0.3) is 0 Å². The second-order valence-corrected chi connectivity index (χ2v) is 7.88. The van der Waals surface area contributed by atoms with Gasteiger partial charge in [-0.3, -0.25) is 14.5 Å². The topological polar surface area (TPSA) is 99.2 Å². The molecule has 0 radical (unpaired) electrons. The summed E-state index contributed by atoms with van der Waals surface area (Å²) in [5.41, 5.74) is -0.301. The first-order valence-corrected chi connectivity index (χ1v) is 9.51. The molecule has 0 aromatic carbocycles. The fourth-order valence-electron chi connectivity index (χ4n) is 3.13. The average Bonchev–Trinajstić information content (AvgIpc) is 3.11. The second kappa shape index (κ2) is 9.09. The lowest BCUT2D eigenvalue weighted by molar-refractivity contribution is -0.200. The summed E-state index contributed by atoms with van der Waals surface area (Å²) in [5.74, 6) is -2.64. The Bertz CT molecular complexity index is 735. The number of ether oxygens (including phenoxy) is 1. The van der Waals surface area contributed by atoms with Gasteiger partial charge in [-0.25, -0.2) is 4.79 Å². The lowest BCUT2D eigenvalue weighted by atomic mass is 9.90. The van der Waals surface area contributed by atoms with Gasteiger partial charge in [0.05, 0.1) is 26.1 Å². The Kier molecular flexibility index (Phi) is 7.25. The number of likely N-dealkylation sites (tertiary alicyclic amines) is 1. The van der Waals surface area contributed by atoms with Gasteiger partial charge in [-0.05, 0) is 18.5 Å². The summed E-state index contributed by atoms with van der Waals surface area (Å²) in [6.45, 7) is 2.28. The summed E-state index contributed by atoms with van der Waals surface area (Å²) in [6, 6.07) is 3.70. The van der Waals surface area contributed by atoms with E-state index in [0.717, 1.165) is 4.88 Å². The molecule has 2 saturated heterocycles. The maximum absolute atomic E-state index is 12.2. The van der Waals surface area contributed by atoms with Crippen molar-refractivity contribution in [3.05, 3.63) is 22.4 Å². The first-order valence-electron chi connectivity index (χ1n) is 8.63. The number of alkyl halides is 3. The monoisotopic (exact) mass is 437 g/mol. The zero-order valence-corrected chi connectivity index (χ0v) is 16.7. The first-order chi connectivity index (χ1) is 13.5. The second-order valence-electron chi connectivity index (χ2n) is 6.85. The summed E-state index contributed by atoms with van der Waals surface area (Å²) in [7, 11) is 3.56. The molecule has 12 heteroatoms. The third-order valence-corrected chi connectivity index (χ3v) is 5.50. The number of nitrogens with one attached hydrogen (secondary N) is 1. The van der Waals surface area contributed by atoms with E-state index in [1.807, 2.05) is 34.4 Å². The number of carboxylic acids is 1. The molecule has 2 aliphatic rings. The van der Waals surface area contributed by atoms with Gasteiger partial charge in [0.2, 0.25) is 11.8 Å². The maximum Gasteiger partial charge on any atom is 0.490 e. The van der Waals surface area contributed by atoms with Crippen LogP contribution in [0.5, 0.6) is 0 Å². The van der Waals surface area contributed by atoms with E-state index in [4.69, 9.17) is 14.6 Å². The predicted octanol–water partition coefficient (Wildman–Crippen LogP) is 0.581. The fourth-order valence-corrected chi connectivity index (χ4v) is 3.82. The minimum atomic E-state index is -5.08. The molecule has 0 bridgehead atoms. The van der Waals surface area contributed by atoms with Gasteiger partial charge >= 0.3 is 12.1 Å². The quantitative estimate of drug-likeness (QED) is 0.718. The molecular formula is C17H22F3N3O5S. The molecule has 0 aliphatic carbocycles. The molecule has 162 valence electrons. The molecule has 29 heavy (non-hydrogen) atoms. The number of carbonyl (C=O) groups excluding carboxylic acids is 2. The number of carbonyl (C=O) groups is 3. The van der Waals surface area contributed by atoms with Gasteiger partial charge in [-0.15, -0.1) is 11.3 Å². The highest BCUT2D eigenvalue weighted by Crippen LogP contribution is 2.31. The number of aliphatic carboxylic acids is 1. The molecule has 1 unspecified atom stereocenters. The molecule has 0 saturated carbocycles. The van der Waals surface area contributed by atoms with Crippen molar-refractivity contribution >= 4 is 29.1 Å². The fraction of sp³-hybridized carbons (Fsp3) is 0.588. The smallest absolute Gasteiger partial charge is 0.475 e. The van der Waals surface area contributed by atoms with E-state index in [9.17, 15) is 22.8 Å². The Balaban J connectivity index is 0.000000370. The highest BCUT2D eigenvalue weighted by molar-refractivity contribution is 7.10. The van der Waals surface area contributed by atoms with Crippen molar-refractivity contribution in [3.8, 4) is 0 Å². The number of halogens is 3. The van der Waals surface area contributed by atoms with E-state index in [2.05, 4.69) is 5.32 Å². The number of thiophene rings is 1. The predicted molar refractivity (Wildman–Crippen MR) is 97.5 cm³/mol. The van der Waals surface area contributed by atoms with Crippen molar-refractivity contribution in [1.82, 2.24) is 15.1 Å². The number of morpholine rings is 1. The van der Waals surface area contributed by atoms with Crippen LogP contribution in [0.3, 0.4) is 0 Å². The zero-order valence-electron chi connectivity index (χ0n) is 15.9. The molecule has 3 heterocycles. The van der Waals surface area contributed by atoms with Crippen LogP contribution in [-0.2, 0) is 25.5 Å². The van der Waals surface area contributed by atoms with E-state index in [1.165, 1.54) is 0 Å². The van der Waals surface area contributed by atoms with Crippen molar-refractivity contribution in [1.29, 1.82) is 0 Å². The zero-order chi connectivity index (χ0) is 21.8. The van der Waals surface area contributed by atoms with Gasteiger partial charge in [-0.2, -0.15) is 13.2 Å². The third-order valence-electron chi connectivity index (χ3n) is 4.62. The number of nitrogens with zero attached hydrogens (tertiary/aromatic N) is 2. The van der Waals surface area contributed by atoms with Crippen molar-refractivity contribution < 1.29 is 37.4 Å². The van der Waals surface area contributed by atoms with Gasteiger partial charge in [0.15, 0.2) is 0 Å². The molecule has 2 aliphatic heterocycles. The SMILES string of the molecule is CNC(=O)C1COC2(CN(C(=O)Cc3cccs3)C2)CN1C.O=C(O)C(F)(F)F. The van der Waals surface area contributed by atoms with Crippen LogP contribution in [0.4, 0.5) is 13.2 Å². The van der Waals surface area contributed by atoms with Crippen molar-refractivity contribution in [3.63, 3.8) is 0 Å². The van der Waals surface area contributed by atoms with Crippen LogP contribution in [0.2, 0.25) is 0 Å². The lowest BCUT2D eigenvalue weighted by Gasteiger charge is -2.54. The van der Waals surface area contributed by atoms with Crippen LogP contribution < -0.4 is 5.32 Å². The van der Waals surface area contributed by atoms with E-state index in [1.54, 1.807) is 18.4 Å². The highest BCUT2D eigenvalue weighted by Gasteiger charge is 2.51. The number of likely N-dealkylation sites (N-methyl/N-ethyl adjacent to an activating group) is 2. The summed E-state index contributed by atoms with van der Waals surface area (Å²) in [5, 5.41) is 11.8. The van der Waals surface area contributed by atoms with Gasteiger partial charge in [-0.1, -0.05) is 6.07 Å². The number of hydrogen-bond acceptors (Lipinski definition) is 6. The van der Waals surface area contributed by atoms with Crippen molar-refractivity contribution in [2.45, 2.75) is 24.2 Å². The van der Waals surface area contributed by atoms with E-state index >= 15 is 0 Å². The van der Waals surface area contributed by atoms with Gasteiger partial charge in [0.1, 0.15) is 11.6 Å². The molecule has 1 atom stereocenters. The number of carboxylic acid groups (broad SMARTS) is 1. The lowest BCUT2D eigenvalue weighted by Crippen LogP contribution is -2.73. The Morgan fingerprint density at radius 3 is 2.41 bits per heavy atom. The van der Waals surface area contributed by atoms with Gasteiger partial charge in [0, 0.05) is 18.5 Å². The number of amides is 2. The average molecular weight is 437 g/mol. The van der Waals surface area contributed by atoms with Crippen LogP contribution in [-0.4, -0.2) is 90.8 Å². The molecule has 1 aromatic heterocycles. The molecule has 2 N–H and O–H groups in total. The third kappa shape index (κ3) is 5.90. The Hall–Kier alpha value is -2.18. The van der Waals surface area contributed by atoms with Crippen molar-refractivity contribution in [2.75, 3.05) is 40.3 Å².